The summed E-state index contributed by atoms with van der Waals surface area (Å²) in [7, 11) is 0. The maximum absolute atomic E-state index is 11.6. The fraction of sp³-hybridized carbons (Fsp3) is 0.188. The Morgan fingerprint density at radius 3 is 2.57 bits per heavy atom. The van der Waals surface area contributed by atoms with E-state index in [-0.39, 0.29) is 0 Å². The van der Waals surface area contributed by atoms with Gasteiger partial charge >= 0.3 is 0 Å². The molecular formula is C16H18ClN3O. The van der Waals surface area contributed by atoms with Gasteiger partial charge in [-0.3, -0.25) is 4.79 Å². The molecule has 0 saturated heterocycles. The Kier molecular flexibility index (Phi) is 4.70. The number of amides is 1. The molecule has 0 aromatic heterocycles. The Bertz CT molecular complexity index is 658. The number of carbonyl (C=O) groups excluding carboxylic acids is 1. The van der Waals surface area contributed by atoms with Crippen LogP contribution in [0, 0.1) is 0 Å². The summed E-state index contributed by atoms with van der Waals surface area (Å²) < 4.78 is 0. The quantitative estimate of drug-likeness (QED) is 0.834. The Morgan fingerprint density at radius 1 is 1.24 bits per heavy atom. The largest absolute Gasteiger partial charge is 0.398 e. The molecule has 0 aliphatic rings. The van der Waals surface area contributed by atoms with Crippen molar-refractivity contribution in [1.29, 1.82) is 0 Å². The topological polar surface area (TPSA) is 72.3 Å². The molecule has 110 valence electrons. The molecule has 0 saturated carbocycles. The van der Waals surface area contributed by atoms with Crippen molar-refractivity contribution in [2.75, 3.05) is 17.2 Å². The van der Waals surface area contributed by atoms with E-state index >= 15 is 0 Å². The first-order valence-electron chi connectivity index (χ1n) is 6.70. The average Bonchev–Trinajstić information content (AvgIpc) is 2.46. The zero-order chi connectivity index (χ0) is 15.4. The summed E-state index contributed by atoms with van der Waals surface area (Å²) in [5.74, 6) is -0.471. The predicted octanol–water partition coefficient (Wildman–Crippen LogP) is 3.05. The lowest BCUT2D eigenvalue weighted by Gasteiger charge is -2.26. The lowest BCUT2D eigenvalue weighted by molar-refractivity contribution is 0.100. The molecule has 2 rings (SSSR count). The van der Waals surface area contributed by atoms with E-state index in [4.69, 9.17) is 23.1 Å². The number of nitrogens with two attached hydrogens (primary N) is 2. The summed E-state index contributed by atoms with van der Waals surface area (Å²) >= 11 is 6.05. The SMILES string of the molecule is CCN(Cc1ccccc1N)c1cc(Cl)ccc1C(N)=O. The summed E-state index contributed by atoms with van der Waals surface area (Å²) in [6, 6.07) is 12.7. The zero-order valence-electron chi connectivity index (χ0n) is 11.8. The number of halogens is 1. The van der Waals surface area contributed by atoms with Crippen LogP contribution >= 0.6 is 11.6 Å². The third kappa shape index (κ3) is 3.47. The molecule has 1 amide bonds. The van der Waals surface area contributed by atoms with E-state index in [1.165, 1.54) is 0 Å². The van der Waals surface area contributed by atoms with Crippen molar-refractivity contribution in [3.8, 4) is 0 Å². The highest BCUT2D eigenvalue weighted by Crippen LogP contribution is 2.27. The van der Waals surface area contributed by atoms with Gasteiger partial charge in [-0.25, -0.2) is 0 Å². The normalized spacial score (nSPS) is 10.4. The second-order valence-electron chi connectivity index (χ2n) is 4.74. The molecule has 2 aromatic carbocycles. The van der Waals surface area contributed by atoms with Gasteiger partial charge in [-0.2, -0.15) is 0 Å². The zero-order valence-corrected chi connectivity index (χ0v) is 12.6. The minimum Gasteiger partial charge on any atom is -0.398 e. The summed E-state index contributed by atoms with van der Waals surface area (Å²) in [6.07, 6.45) is 0. The number of primary amides is 1. The van der Waals surface area contributed by atoms with Crippen LogP contribution in [0.25, 0.3) is 0 Å². The van der Waals surface area contributed by atoms with Gasteiger partial charge in [0, 0.05) is 23.8 Å². The molecule has 0 spiro atoms. The van der Waals surface area contributed by atoms with Gasteiger partial charge in [-0.1, -0.05) is 29.8 Å². The Morgan fingerprint density at radius 2 is 1.95 bits per heavy atom. The van der Waals surface area contributed by atoms with Gasteiger partial charge in [0.15, 0.2) is 0 Å². The molecule has 0 fully saturated rings. The molecule has 4 nitrogen and oxygen atoms in total. The number of hydrogen-bond donors (Lipinski definition) is 2. The number of hydrogen-bond acceptors (Lipinski definition) is 3. The van der Waals surface area contributed by atoms with Gasteiger partial charge in [-0.05, 0) is 36.8 Å². The number of para-hydroxylation sites is 1. The van der Waals surface area contributed by atoms with E-state index < -0.39 is 5.91 Å². The van der Waals surface area contributed by atoms with Gasteiger partial charge in [0.05, 0.1) is 11.3 Å². The van der Waals surface area contributed by atoms with Crippen molar-refractivity contribution >= 4 is 28.9 Å². The number of carbonyl (C=O) groups is 1. The predicted molar refractivity (Wildman–Crippen MR) is 87.5 cm³/mol. The first-order chi connectivity index (χ1) is 10.0. The highest BCUT2D eigenvalue weighted by molar-refractivity contribution is 6.31. The maximum atomic E-state index is 11.6. The third-order valence-electron chi connectivity index (χ3n) is 3.36. The van der Waals surface area contributed by atoms with Crippen LogP contribution in [0.5, 0.6) is 0 Å². The monoisotopic (exact) mass is 303 g/mol. The van der Waals surface area contributed by atoms with Gasteiger partial charge in [0.1, 0.15) is 0 Å². The van der Waals surface area contributed by atoms with E-state index in [2.05, 4.69) is 0 Å². The van der Waals surface area contributed by atoms with Crippen LogP contribution in [0.1, 0.15) is 22.8 Å². The van der Waals surface area contributed by atoms with E-state index in [1.807, 2.05) is 36.1 Å². The van der Waals surface area contributed by atoms with Crippen LogP contribution in [-0.4, -0.2) is 12.5 Å². The van der Waals surface area contributed by atoms with Crippen molar-refractivity contribution in [2.45, 2.75) is 13.5 Å². The van der Waals surface area contributed by atoms with Gasteiger partial charge in [0.2, 0.25) is 0 Å². The molecule has 0 unspecified atom stereocenters. The molecule has 21 heavy (non-hydrogen) atoms. The number of anilines is 2. The standard InChI is InChI=1S/C16H18ClN3O/c1-2-20(10-11-5-3-4-6-14(11)18)15-9-12(17)7-8-13(15)16(19)21/h3-9H,2,10,18H2,1H3,(H2,19,21). The molecule has 2 aromatic rings. The van der Waals surface area contributed by atoms with E-state index in [9.17, 15) is 4.79 Å². The van der Waals surface area contributed by atoms with Crippen LogP contribution in [-0.2, 0) is 6.54 Å². The van der Waals surface area contributed by atoms with Crippen molar-refractivity contribution in [2.24, 2.45) is 5.73 Å². The molecule has 4 N–H and O–H groups in total. The van der Waals surface area contributed by atoms with Crippen LogP contribution in [0.2, 0.25) is 5.02 Å². The molecule has 0 atom stereocenters. The molecule has 0 bridgehead atoms. The summed E-state index contributed by atoms with van der Waals surface area (Å²) in [5, 5.41) is 0.564. The molecule has 0 aliphatic carbocycles. The Hall–Kier alpha value is -2.20. The van der Waals surface area contributed by atoms with Gasteiger partial charge in [0.25, 0.3) is 5.91 Å². The minimum absolute atomic E-state index is 0.454. The molecular weight excluding hydrogens is 286 g/mol. The van der Waals surface area contributed by atoms with Gasteiger partial charge < -0.3 is 16.4 Å². The first kappa shape index (κ1) is 15.2. The van der Waals surface area contributed by atoms with E-state index in [1.54, 1.807) is 18.2 Å². The summed E-state index contributed by atoms with van der Waals surface area (Å²) in [4.78, 5) is 13.6. The van der Waals surface area contributed by atoms with Crippen molar-refractivity contribution in [1.82, 2.24) is 0 Å². The molecule has 5 heteroatoms. The number of benzene rings is 2. The van der Waals surface area contributed by atoms with Crippen LogP contribution in [0.3, 0.4) is 0 Å². The smallest absolute Gasteiger partial charge is 0.250 e. The van der Waals surface area contributed by atoms with Crippen molar-refractivity contribution < 1.29 is 4.79 Å². The van der Waals surface area contributed by atoms with Crippen LogP contribution in [0.4, 0.5) is 11.4 Å². The van der Waals surface area contributed by atoms with Crippen molar-refractivity contribution in [3.05, 3.63) is 58.6 Å². The highest BCUT2D eigenvalue weighted by atomic mass is 35.5. The fourth-order valence-corrected chi connectivity index (χ4v) is 2.39. The van der Waals surface area contributed by atoms with E-state index in [0.717, 1.165) is 16.9 Å². The Balaban J connectivity index is 2.40. The first-order valence-corrected chi connectivity index (χ1v) is 7.08. The third-order valence-corrected chi connectivity index (χ3v) is 3.60. The maximum Gasteiger partial charge on any atom is 0.250 e. The number of nitrogens with zero attached hydrogens (tertiary/aromatic N) is 1. The van der Waals surface area contributed by atoms with E-state index in [0.29, 0.717) is 23.7 Å². The Labute approximate surface area is 129 Å². The van der Waals surface area contributed by atoms with Crippen molar-refractivity contribution in [3.63, 3.8) is 0 Å². The van der Waals surface area contributed by atoms with Gasteiger partial charge in [-0.15, -0.1) is 0 Å². The minimum atomic E-state index is -0.471. The fourth-order valence-electron chi connectivity index (χ4n) is 2.23. The molecule has 0 radical (unpaired) electrons. The second kappa shape index (κ2) is 6.50. The number of rotatable bonds is 5. The number of nitrogen functional groups attached to an aromatic ring is 1. The average molecular weight is 304 g/mol. The summed E-state index contributed by atoms with van der Waals surface area (Å²) in [5.41, 5.74) is 14.3. The lowest BCUT2D eigenvalue weighted by atomic mass is 10.1. The second-order valence-corrected chi connectivity index (χ2v) is 5.18. The lowest BCUT2D eigenvalue weighted by Crippen LogP contribution is -2.26. The summed E-state index contributed by atoms with van der Waals surface area (Å²) in [6.45, 7) is 3.30. The van der Waals surface area contributed by atoms with Crippen LogP contribution < -0.4 is 16.4 Å². The van der Waals surface area contributed by atoms with Crippen LogP contribution in [0.15, 0.2) is 42.5 Å². The molecule has 0 heterocycles. The molecule has 0 aliphatic heterocycles. The highest BCUT2D eigenvalue weighted by Gasteiger charge is 2.15.